The van der Waals surface area contributed by atoms with Gasteiger partial charge in [0.05, 0.1) is 18.8 Å². The molecule has 3 aromatic carbocycles. The molecule has 0 spiro atoms. The van der Waals surface area contributed by atoms with Crippen molar-refractivity contribution in [3.05, 3.63) is 99.6 Å². The second-order valence-electron chi connectivity index (χ2n) is 10.1. The summed E-state index contributed by atoms with van der Waals surface area (Å²) in [6, 6.07) is 19.7. The minimum absolute atomic E-state index is 0.158. The predicted molar refractivity (Wildman–Crippen MR) is 137 cm³/mol. The minimum Gasteiger partial charge on any atom is -0.508 e. The molecule has 188 valence electrons. The molecule has 3 aromatic rings. The number of rotatable bonds is 7. The van der Waals surface area contributed by atoms with Gasteiger partial charge < -0.3 is 19.7 Å². The summed E-state index contributed by atoms with van der Waals surface area (Å²) in [7, 11) is 0. The van der Waals surface area contributed by atoms with E-state index in [1.165, 1.54) is 0 Å². The highest BCUT2D eigenvalue weighted by Crippen LogP contribution is 2.47. The van der Waals surface area contributed by atoms with E-state index < -0.39 is 11.3 Å². The molecule has 0 bridgehead atoms. The Labute approximate surface area is 216 Å². The number of halogens is 1. The van der Waals surface area contributed by atoms with Crippen molar-refractivity contribution >= 4 is 17.5 Å². The maximum atomic E-state index is 14.1. The van der Waals surface area contributed by atoms with Gasteiger partial charge in [-0.25, -0.2) is 0 Å². The smallest absolute Gasteiger partial charge is 0.257 e. The quantitative estimate of drug-likeness (QED) is 0.460. The Bertz CT molecular complexity index is 1250. The standard InChI is InChI=1S/C29H30ClNO5/c1-28(2,34)22-7-12-26-25(15-22)27(33)31(16-19-3-10-24(32)11-4-19)29(26,21-5-8-23(30)9-6-21)36-18-20-13-14-35-17-20/h3-12,15,20,32,34H,13-14,16-18H2,1-2H3/t20?,29-/m1/s1. The van der Waals surface area contributed by atoms with Crippen LogP contribution in [0.15, 0.2) is 66.7 Å². The average molecular weight is 508 g/mol. The number of phenolic OH excluding ortho intramolecular Hbond substituents is 1. The highest BCUT2D eigenvalue weighted by molar-refractivity contribution is 6.30. The van der Waals surface area contributed by atoms with E-state index in [2.05, 4.69) is 0 Å². The molecule has 1 fully saturated rings. The van der Waals surface area contributed by atoms with Gasteiger partial charge in [-0.3, -0.25) is 9.69 Å². The number of hydrogen-bond donors (Lipinski definition) is 2. The van der Waals surface area contributed by atoms with Gasteiger partial charge >= 0.3 is 0 Å². The van der Waals surface area contributed by atoms with Gasteiger partial charge in [0.2, 0.25) is 0 Å². The first-order valence-electron chi connectivity index (χ1n) is 12.1. The largest absolute Gasteiger partial charge is 0.508 e. The topological polar surface area (TPSA) is 79.2 Å². The van der Waals surface area contributed by atoms with E-state index in [0.29, 0.717) is 36.0 Å². The summed E-state index contributed by atoms with van der Waals surface area (Å²) >= 11 is 6.24. The van der Waals surface area contributed by atoms with Gasteiger partial charge in [0.1, 0.15) is 5.75 Å². The zero-order valence-electron chi connectivity index (χ0n) is 20.4. The molecule has 1 amide bonds. The zero-order chi connectivity index (χ0) is 25.5. The van der Waals surface area contributed by atoms with Gasteiger partial charge in [0.15, 0.2) is 5.72 Å². The van der Waals surface area contributed by atoms with Crippen LogP contribution in [0.2, 0.25) is 5.02 Å². The molecule has 0 saturated carbocycles. The number of amides is 1. The van der Waals surface area contributed by atoms with Crippen molar-refractivity contribution in [2.45, 2.75) is 38.1 Å². The molecule has 2 atom stereocenters. The fourth-order valence-electron chi connectivity index (χ4n) is 4.98. The summed E-state index contributed by atoms with van der Waals surface area (Å²) in [5.74, 6) is 0.187. The number of aromatic hydroxyl groups is 1. The molecule has 0 radical (unpaired) electrons. The lowest BCUT2D eigenvalue weighted by Crippen LogP contribution is -2.47. The van der Waals surface area contributed by atoms with Crippen LogP contribution in [0.5, 0.6) is 5.75 Å². The fourth-order valence-corrected chi connectivity index (χ4v) is 5.10. The van der Waals surface area contributed by atoms with Crippen LogP contribution in [-0.2, 0) is 27.3 Å². The SMILES string of the molecule is CC(C)(O)c1ccc2c(c1)C(=O)N(Cc1ccc(O)cc1)[C@@]2(OCC1CCOC1)c1ccc(Cl)cc1. The van der Waals surface area contributed by atoms with Crippen LogP contribution >= 0.6 is 11.6 Å². The number of nitrogens with zero attached hydrogens (tertiary/aromatic N) is 1. The van der Waals surface area contributed by atoms with Crippen molar-refractivity contribution in [3.63, 3.8) is 0 Å². The highest BCUT2D eigenvalue weighted by Gasteiger charge is 2.52. The molecule has 2 N–H and O–H groups in total. The van der Waals surface area contributed by atoms with E-state index in [1.807, 2.05) is 24.3 Å². The number of benzene rings is 3. The third-order valence-corrected chi connectivity index (χ3v) is 7.26. The van der Waals surface area contributed by atoms with Gasteiger partial charge in [-0.15, -0.1) is 0 Å². The molecule has 2 aliphatic heterocycles. The van der Waals surface area contributed by atoms with E-state index in [-0.39, 0.29) is 24.1 Å². The molecule has 1 saturated heterocycles. The molecular formula is C29H30ClNO5. The second-order valence-corrected chi connectivity index (χ2v) is 10.5. The van der Waals surface area contributed by atoms with E-state index in [4.69, 9.17) is 21.1 Å². The van der Waals surface area contributed by atoms with Crippen molar-refractivity contribution in [1.82, 2.24) is 4.90 Å². The molecule has 0 aliphatic carbocycles. The van der Waals surface area contributed by atoms with Gasteiger partial charge in [-0.1, -0.05) is 48.0 Å². The third-order valence-electron chi connectivity index (χ3n) is 7.01. The highest BCUT2D eigenvalue weighted by atomic mass is 35.5. The summed E-state index contributed by atoms with van der Waals surface area (Å²) < 4.78 is 12.4. The van der Waals surface area contributed by atoms with Crippen LogP contribution in [0.1, 0.15) is 52.9 Å². The first-order chi connectivity index (χ1) is 17.2. The average Bonchev–Trinajstić information content (AvgIpc) is 3.45. The molecule has 36 heavy (non-hydrogen) atoms. The lowest BCUT2D eigenvalue weighted by Gasteiger charge is -2.40. The minimum atomic E-state index is -1.20. The Morgan fingerprint density at radius 1 is 1.11 bits per heavy atom. The van der Waals surface area contributed by atoms with Crippen molar-refractivity contribution in [2.75, 3.05) is 19.8 Å². The normalized spacial score (nSPS) is 21.7. The van der Waals surface area contributed by atoms with E-state index >= 15 is 0 Å². The van der Waals surface area contributed by atoms with E-state index in [9.17, 15) is 15.0 Å². The number of fused-ring (bicyclic) bond motifs is 1. The zero-order valence-corrected chi connectivity index (χ0v) is 21.2. The van der Waals surface area contributed by atoms with Crippen LogP contribution in [-0.4, -0.2) is 40.8 Å². The predicted octanol–water partition coefficient (Wildman–Crippen LogP) is 5.18. The lowest BCUT2D eigenvalue weighted by molar-refractivity contribution is -0.121. The summed E-state index contributed by atoms with van der Waals surface area (Å²) in [6.07, 6.45) is 0.896. The van der Waals surface area contributed by atoms with Gasteiger partial charge in [0.25, 0.3) is 5.91 Å². The number of aliphatic hydroxyl groups is 1. The van der Waals surface area contributed by atoms with Crippen molar-refractivity contribution < 1.29 is 24.5 Å². The molecule has 5 rings (SSSR count). The van der Waals surface area contributed by atoms with E-state index in [0.717, 1.165) is 23.1 Å². The molecule has 2 heterocycles. The maximum absolute atomic E-state index is 14.1. The van der Waals surface area contributed by atoms with Crippen molar-refractivity contribution in [1.29, 1.82) is 0 Å². The van der Waals surface area contributed by atoms with Crippen LogP contribution in [0.3, 0.4) is 0 Å². The van der Waals surface area contributed by atoms with E-state index in [1.54, 1.807) is 61.2 Å². The molecule has 7 heteroatoms. The van der Waals surface area contributed by atoms with Gasteiger partial charge in [0, 0.05) is 40.8 Å². The Hall–Kier alpha value is -2.90. The maximum Gasteiger partial charge on any atom is 0.257 e. The Balaban J connectivity index is 1.68. The summed E-state index contributed by atoms with van der Waals surface area (Å²) in [4.78, 5) is 15.8. The van der Waals surface area contributed by atoms with Crippen LogP contribution < -0.4 is 0 Å². The molecule has 1 unspecified atom stereocenters. The molecular weight excluding hydrogens is 478 g/mol. The number of carbonyl (C=O) groups excluding carboxylic acids is 1. The molecule has 0 aromatic heterocycles. The summed E-state index contributed by atoms with van der Waals surface area (Å²) in [6.45, 7) is 5.39. The first kappa shape index (κ1) is 24.8. The summed E-state index contributed by atoms with van der Waals surface area (Å²) in [5.41, 5.74) is 1.19. The molecule has 6 nitrogen and oxygen atoms in total. The summed E-state index contributed by atoms with van der Waals surface area (Å²) in [5, 5.41) is 21.0. The second kappa shape index (κ2) is 9.52. The lowest BCUT2D eigenvalue weighted by atomic mass is 9.89. The van der Waals surface area contributed by atoms with Crippen molar-refractivity contribution in [2.24, 2.45) is 5.92 Å². The monoisotopic (exact) mass is 507 g/mol. The van der Waals surface area contributed by atoms with Gasteiger partial charge in [-0.05, 0) is 61.7 Å². The molecule has 2 aliphatic rings. The first-order valence-corrected chi connectivity index (χ1v) is 12.5. The Kier molecular flexibility index (Phi) is 6.55. The van der Waals surface area contributed by atoms with Crippen LogP contribution in [0.4, 0.5) is 0 Å². The Morgan fingerprint density at radius 3 is 2.47 bits per heavy atom. The van der Waals surface area contributed by atoms with Gasteiger partial charge in [-0.2, -0.15) is 0 Å². The van der Waals surface area contributed by atoms with Crippen molar-refractivity contribution in [3.8, 4) is 5.75 Å². The number of carbonyl (C=O) groups is 1. The fraction of sp³-hybridized carbons (Fsp3) is 0.345. The Morgan fingerprint density at radius 2 is 1.83 bits per heavy atom. The number of hydrogen-bond acceptors (Lipinski definition) is 5. The number of phenols is 1. The van der Waals surface area contributed by atoms with Crippen LogP contribution in [0, 0.1) is 5.92 Å². The van der Waals surface area contributed by atoms with Crippen LogP contribution in [0.25, 0.3) is 0 Å². The number of ether oxygens (including phenoxy) is 2. The third kappa shape index (κ3) is 4.50.